The molecule has 0 spiro atoms. The molecular formula is C14H15NO2. The highest BCUT2D eigenvalue weighted by Gasteiger charge is 2.29. The molecule has 88 valence electrons. The van der Waals surface area contributed by atoms with Gasteiger partial charge in [0.15, 0.2) is 0 Å². The van der Waals surface area contributed by atoms with Gasteiger partial charge in [-0.05, 0) is 30.5 Å². The SMILES string of the molecule is COc1ccc(C2CC(C#N)CCC2=O)cc1. The number of rotatable bonds is 2. The van der Waals surface area contributed by atoms with Crippen molar-refractivity contribution in [2.24, 2.45) is 5.92 Å². The molecule has 17 heavy (non-hydrogen) atoms. The Hall–Kier alpha value is -1.82. The highest BCUT2D eigenvalue weighted by atomic mass is 16.5. The standard InChI is InChI=1S/C14H15NO2/c1-17-12-5-3-11(4-6-12)13-8-10(9-15)2-7-14(13)16/h3-6,10,13H,2,7-8H2,1H3. The highest BCUT2D eigenvalue weighted by molar-refractivity contribution is 5.86. The number of Topliss-reactive ketones (excluding diaryl/α,β-unsaturated/α-hetero) is 1. The van der Waals surface area contributed by atoms with Crippen molar-refractivity contribution < 1.29 is 9.53 Å². The monoisotopic (exact) mass is 229 g/mol. The van der Waals surface area contributed by atoms with Gasteiger partial charge in [-0.1, -0.05) is 12.1 Å². The second kappa shape index (κ2) is 5.01. The van der Waals surface area contributed by atoms with Crippen molar-refractivity contribution in [3.8, 4) is 11.8 Å². The predicted molar refractivity (Wildman–Crippen MR) is 63.7 cm³/mol. The number of hydrogen-bond acceptors (Lipinski definition) is 3. The highest BCUT2D eigenvalue weighted by Crippen LogP contribution is 2.33. The molecule has 1 fully saturated rings. The molecule has 2 rings (SSSR count). The number of benzene rings is 1. The fourth-order valence-electron chi connectivity index (χ4n) is 2.30. The number of carbonyl (C=O) groups excluding carboxylic acids is 1. The lowest BCUT2D eigenvalue weighted by Gasteiger charge is -2.24. The smallest absolute Gasteiger partial charge is 0.140 e. The van der Waals surface area contributed by atoms with E-state index in [1.54, 1.807) is 7.11 Å². The number of nitrogens with zero attached hydrogens (tertiary/aromatic N) is 1. The Morgan fingerprint density at radius 2 is 2.06 bits per heavy atom. The van der Waals surface area contributed by atoms with E-state index in [9.17, 15) is 4.79 Å². The lowest BCUT2D eigenvalue weighted by molar-refractivity contribution is -0.122. The van der Waals surface area contributed by atoms with Crippen LogP contribution < -0.4 is 4.74 Å². The Kier molecular flexibility index (Phi) is 3.43. The van der Waals surface area contributed by atoms with Gasteiger partial charge in [0, 0.05) is 18.3 Å². The molecule has 0 aliphatic heterocycles. The minimum atomic E-state index is -0.112. The number of ketones is 1. The summed E-state index contributed by atoms with van der Waals surface area (Å²) in [6, 6.07) is 9.82. The van der Waals surface area contributed by atoms with E-state index >= 15 is 0 Å². The number of ether oxygens (including phenoxy) is 1. The van der Waals surface area contributed by atoms with Gasteiger partial charge in [0.2, 0.25) is 0 Å². The first-order valence-electron chi connectivity index (χ1n) is 5.81. The van der Waals surface area contributed by atoms with Crippen LogP contribution in [-0.2, 0) is 4.79 Å². The minimum absolute atomic E-state index is 0.0137. The van der Waals surface area contributed by atoms with Crippen LogP contribution in [0, 0.1) is 17.2 Å². The predicted octanol–water partition coefficient (Wildman–Crippen LogP) is 2.67. The zero-order valence-corrected chi connectivity index (χ0v) is 9.85. The molecule has 2 unspecified atom stereocenters. The Balaban J connectivity index is 2.19. The largest absolute Gasteiger partial charge is 0.497 e. The Bertz CT molecular complexity index is 444. The number of methoxy groups -OCH3 is 1. The molecule has 0 aromatic heterocycles. The third-order valence-electron chi connectivity index (χ3n) is 3.35. The molecular weight excluding hydrogens is 214 g/mol. The summed E-state index contributed by atoms with van der Waals surface area (Å²) in [7, 11) is 1.62. The molecule has 0 amide bonds. The van der Waals surface area contributed by atoms with Crippen LogP contribution in [0.5, 0.6) is 5.75 Å². The summed E-state index contributed by atoms with van der Waals surface area (Å²) >= 11 is 0. The molecule has 0 radical (unpaired) electrons. The fraction of sp³-hybridized carbons (Fsp3) is 0.429. The van der Waals surface area contributed by atoms with E-state index in [0.29, 0.717) is 19.3 Å². The third-order valence-corrected chi connectivity index (χ3v) is 3.35. The summed E-state index contributed by atoms with van der Waals surface area (Å²) in [5.74, 6) is 0.939. The van der Waals surface area contributed by atoms with Crippen LogP contribution in [0.3, 0.4) is 0 Å². The first kappa shape index (κ1) is 11.7. The van der Waals surface area contributed by atoms with Crippen molar-refractivity contribution in [1.29, 1.82) is 5.26 Å². The molecule has 1 aromatic carbocycles. The molecule has 0 heterocycles. The first-order chi connectivity index (χ1) is 8.24. The molecule has 3 heteroatoms. The van der Waals surface area contributed by atoms with E-state index in [2.05, 4.69) is 6.07 Å². The summed E-state index contributed by atoms with van der Waals surface area (Å²) in [5, 5.41) is 8.94. The van der Waals surface area contributed by atoms with E-state index in [-0.39, 0.29) is 17.6 Å². The Morgan fingerprint density at radius 1 is 1.35 bits per heavy atom. The first-order valence-corrected chi connectivity index (χ1v) is 5.81. The lowest BCUT2D eigenvalue weighted by Crippen LogP contribution is -2.22. The molecule has 1 saturated carbocycles. The second-order valence-electron chi connectivity index (χ2n) is 4.39. The maximum atomic E-state index is 11.9. The topological polar surface area (TPSA) is 50.1 Å². The van der Waals surface area contributed by atoms with E-state index in [0.717, 1.165) is 11.3 Å². The molecule has 1 aliphatic rings. The van der Waals surface area contributed by atoms with Gasteiger partial charge in [-0.2, -0.15) is 5.26 Å². The van der Waals surface area contributed by atoms with Crippen molar-refractivity contribution in [2.45, 2.75) is 25.2 Å². The summed E-state index contributed by atoms with van der Waals surface area (Å²) < 4.78 is 5.09. The quantitative estimate of drug-likeness (QED) is 0.783. The van der Waals surface area contributed by atoms with E-state index in [1.165, 1.54) is 0 Å². The van der Waals surface area contributed by atoms with Gasteiger partial charge in [-0.25, -0.2) is 0 Å². The van der Waals surface area contributed by atoms with Crippen molar-refractivity contribution in [1.82, 2.24) is 0 Å². The lowest BCUT2D eigenvalue weighted by atomic mass is 9.78. The van der Waals surface area contributed by atoms with E-state index < -0.39 is 0 Å². The van der Waals surface area contributed by atoms with Crippen LogP contribution in [-0.4, -0.2) is 12.9 Å². The zero-order valence-electron chi connectivity index (χ0n) is 9.85. The van der Waals surface area contributed by atoms with Crippen LogP contribution >= 0.6 is 0 Å². The van der Waals surface area contributed by atoms with Crippen molar-refractivity contribution >= 4 is 5.78 Å². The van der Waals surface area contributed by atoms with Crippen LogP contribution in [0.2, 0.25) is 0 Å². The maximum absolute atomic E-state index is 11.9. The van der Waals surface area contributed by atoms with Gasteiger partial charge >= 0.3 is 0 Å². The molecule has 2 atom stereocenters. The van der Waals surface area contributed by atoms with Gasteiger partial charge < -0.3 is 4.74 Å². The second-order valence-corrected chi connectivity index (χ2v) is 4.39. The van der Waals surface area contributed by atoms with E-state index in [1.807, 2.05) is 24.3 Å². The average Bonchev–Trinajstić information content (AvgIpc) is 2.39. The number of carbonyl (C=O) groups is 1. The van der Waals surface area contributed by atoms with Crippen LogP contribution in [0.15, 0.2) is 24.3 Å². The van der Waals surface area contributed by atoms with Crippen molar-refractivity contribution in [2.75, 3.05) is 7.11 Å². The minimum Gasteiger partial charge on any atom is -0.497 e. The zero-order chi connectivity index (χ0) is 12.3. The number of hydrogen-bond donors (Lipinski definition) is 0. The maximum Gasteiger partial charge on any atom is 0.140 e. The molecule has 1 aromatic rings. The van der Waals surface area contributed by atoms with Gasteiger partial charge in [-0.15, -0.1) is 0 Å². The van der Waals surface area contributed by atoms with Crippen molar-refractivity contribution in [3.05, 3.63) is 29.8 Å². The molecule has 0 N–H and O–H groups in total. The molecule has 3 nitrogen and oxygen atoms in total. The van der Waals surface area contributed by atoms with Gasteiger partial charge in [0.05, 0.1) is 13.2 Å². The summed E-state index contributed by atoms with van der Waals surface area (Å²) in [6.07, 6.45) is 1.89. The third kappa shape index (κ3) is 2.47. The van der Waals surface area contributed by atoms with Gasteiger partial charge in [0.1, 0.15) is 11.5 Å². The van der Waals surface area contributed by atoms with Gasteiger partial charge in [0.25, 0.3) is 0 Å². The van der Waals surface area contributed by atoms with Crippen LogP contribution in [0.25, 0.3) is 0 Å². The van der Waals surface area contributed by atoms with Crippen molar-refractivity contribution in [3.63, 3.8) is 0 Å². The number of nitriles is 1. The van der Waals surface area contributed by atoms with E-state index in [4.69, 9.17) is 10.00 Å². The fourth-order valence-corrected chi connectivity index (χ4v) is 2.30. The molecule has 1 aliphatic carbocycles. The summed E-state index contributed by atoms with van der Waals surface area (Å²) in [5.41, 5.74) is 0.996. The molecule has 0 bridgehead atoms. The normalized spacial score (nSPS) is 24.1. The van der Waals surface area contributed by atoms with Gasteiger partial charge in [-0.3, -0.25) is 4.79 Å². The van der Waals surface area contributed by atoms with Crippen LogP contribution in [0.1, 0.15) is 30.7 Å². The molecule has 0 saturated heterocycles. The Morgan fingerprint density at radius 3 is 2.65 bits per heavy atom. The Labute approximate surface area is 101 Å². The summed E-state index contributed by atoms with van der Waals surface area (Å²) in [6.45, 7) is 0. The summed E-state index contributed by atoms with van der Waals surface area (Å²) in [4.78, 5) is 11.9. The van der Waals surface area contributed by atoms with Crippen LogP contribution in [0.4, 0.5) is 0 Å². The average molecular weight is 229 g/mol.